The first kappa shape index (κ1) is 24.4. The molecule has 4 aromatic heterocycles. The van der Waals surface area contributed by atoms with E-state index in [1.54, 1.807) is 16.9 Å². The predicted octanol–water partition coefficient (Wildman–Crippen LogP) is 5.95. The van der Waals surface area contributed by atoms with Crippen molar-refractivity contribution in [1.29, 1.82) is 0 Å². The van der Waals surface area contributed by atoms with Crippen LogP contribution >= 0.6 is 0 Å². The lowest BCUT2D eigenvalue weighted by molar-refractivity contribution is -0.116. The highest BCUT2D eigenvalue weighted by atomic mass is 19.1. The van der Waals surface area contributed by atoms with Crippen LogP contribution in [0, 0.1) is 11.4 Å². The number of halogens is 1. The van der Waals surface area contributed by atoms with Crippen LogP contribution in [0.1, 0.15) is 54.2 Å². The van der Waals surface area contributed by atoms with E-state index in [9.17, 15) is 14.0 Å². The second-order valence-corrected chi connectivity index (χ2v) is 10.2. The monoisotopic (exact) mass is 507 g/mol. The van der Waals surface area contributed by atoms with E-state index in [0.717, 1.165) is 29.5 Å². The molecule has 0 radical (unpaired) electrons. The van der Waals surface area contributed by atoms with E-state index in [0.29, 0.717) is 24.2 Å². The molecule has 4 aromatic rings. The van der Waals surface area contributed by atoms with E-state index in [4.69, 9.17) is 0 Å². The maximum Gasteiger partial charge on any atom is 0.257 e. The molecule has 0 bridgehead atoms. The van der Waals surface area contributed by atoms with Gasteiger partial charge in [-0.25, -0.2) is 9.97 Å². The number of H-pyrrole nitrogens is 1. The molecule has 0 unspecified atom stereocenters. The Hall–Kier alpha value is -4.34. The molecule has 5 rings (SSSR count). The number of pyridine rings is 2. The Balaban J connectivity index is 0.00000187. The maximum absolute atomic E-state index is 14.4. The molecule has 10 heteroatoms. The number of carbonyl (C=O) groups excluding carboxylic acids is 2. The fraction of sp³-hybridized carbons (Fsp3) is 0.296. The van der Waals surface area contributed by atoms with Gasteiger partial charge in [-0.2, -0.15) is 9.49 Å². The molecule has 37 heavy (non-hydrogen) atoms. The molecule has 196 valence electrons. The lowest BCUT2D eigenvalue weighted by atomic mass is 9.89. The van der Waals surface area contributed by atoms with Gasteiger partial charge in [0.2, 0.25) is 11.9 Å². The molecule has 1 aliphatic rings. The summed E-state index contributed by atoms with van der Waals surface area (Å²) in [7, 11) is 1.83. The van der Waals surface area contributed by atoms with Crippen molar-refractivity contribution >= 4 is 34.2 Å². The molecule has 2 amide bonds. The van der Waals surface area contributed by atoms with Gasteiger partial charge >= 0.3 is 0 Å². The van der Waals surface area contributed by atoms with Gasteiger partial charge in [-0.05, 0) is 42.9 Å². The third-order valence-electron chi connectivity index (χ3n) is 6.44. The quantitative estimate of drug-likeness (QED) is 0.211. The molecule has 1 aliphatic carbocycles. The molecule has 4 heterocycles. The molecule has 0 aliphatic heterocycles. The largest absolute Gasteiger partial charge is 0.339 e. The molecule has 0 saturated carbocycles. The van der Waals surface area contributed by atoms with E-state index in [2.05, 4.69) is 50.6 Å². The van der Waals surface area contributed by atoms with E-state index >= 15 is 0 Å². The van der Waals surface area contributed by atoms with Gasteiger partial charge in [0.05, 0.1) is 35.0 Å². The Morgan fingerprint density at radius 2 is 2.00 bits per heavy atom. The summed E-state index contributed by atoms with van der Waals surface area (Å²) in [5.41, 5.74) is 4.29. The molecule has 0 saturated heterocycles. The zero-order chi connectivity index (χ0) is 26.2. The van der Waals surface area contributed by atoms with Gasteiger partial charge in [-0.3, -0.25) is 14.3 Å². The van der Waals surface area contributed by atoms with Gasteiger partial charge in [0.25, 0.3) is 5.91 Å². The topological polar surface area (TPSA) is 118 Å². The second-order valence-electron chi connectivity index (χ2n) is 10.2. The zero-order valence-electron chi connectivity index (χ0n) is 20.9. The average Bonchev–Trinajstić information content (AvgIpc) is 3.57. The minimum atomic E-state index is -0.848. The molecule has 9 nitrogen and oxygen atoms in total. The molecule has 3 N–H and O–H groups in total. The van der Waals surface area contributed by atoms with Crippen molar-refractivity contribution in [2.75, 3.05) is 10.6 Å². The van der Waals surface area contributed by atoms with Crippen molar-refractivity contribution in [3.05, 3.63) is 66.1 Å². The molecule has 0 aromatic carbocycles. The van der Waals surface area contributed by atoms with Crippen LogP contribution in [-0.2, 0) is 11.8 Å². The number of allylic oxidation sites excluding steroid dienone is 2. The lowest BCUT2D eigenvalue weighted by Crippen LogP contribution is -2.16. The second kappa shape index (κ2) is 9.61. The number of aromatic nitrogens is 5. The summed E-state index contributed by atoms with van der Waals surface area (Å²) in [6, 6.07) is 4.90. The fourth-order valence-corrected chi connectivity index (χ4v) is 4.52. The number of carbonyl (C=O) groups is 2. The molecule has 0 atom stereocenters. The number of nitrogens with zero attached hydrogens (tertiary/aromatic N) is 4. The molecule has 0 spiro atoms. The average molecular weight is 508 g/mol. The number of anilines is 2. The van der Waals surface area contributed by atoms with Gasteiger partial charge in [0, 0.05) is 41.1 Å². The van der Waals surface area contributed by atoms with Crippen LogP contribution in [0.25, 0.3) is 22.3 Å². The normalized spacial score (nSPS) is 14.5. The number of aryl methyl sites for hydroxylation is 1. The summed E-state index contributed by atoms with van der Waals surface area (Å²) >= 11 is 0. The summed E-state index contributed by atoms with van der Waals surface area (Å²) in [6.45, 7) is 4.42. The predicted molar refractivity (Wildman–Crippen MR) is 146 cm³/mol. The number of hydrogen-bond donors (Lipinski definition) is 3. The highest BCUT2D eigenvalue weighted by Crippen LogP contribution is 2.38. The van der Waals surface area contributed by atoms with Crippen LogP contribution in [0.3, 0.4) is 0 Å². The number of aromatic amines is 1. The zero-order valence-corrected chi connectivity index (χ0v) is 20.9. The minimum absolute atomic E-state index is 0. The van der Waals surface area contributed by atoms with Gasteiger partial charge in [-0.15, -0.1) is 0 Å². The Morgan fingerprint density at radius 3 is 2.73 bits per heavy atom. The van der Waals surface area contributed by atoms with E-state index in [-0.39, 0.29) is 26.9 Å². The lowest BCUT2D eigenvalue weighted by Gasteiger charge is -2.16. The van der Waals surface area contributed by atoms with Crippen LogP contribution < -0.4 is 10.6 Å². The smallest absolute Gasteiger partial charge is 0.257 e. The minimum Gasteiger partial charge on any atom is -0.339 e. The Labute approximate surface area is 217 Å². The third kappa shape index (κ3) is 5.58. The first-order chi connectivity index (χ1) is 17.6. The SMILES string of the molecule is Cn1cc(-c2cc3cc(C(=O)Nc4cc(NC(=O)CCC5=CCC(C)(C)C5)cnc4F)cnc3[nH]2)cn1.[HH].[HH].[HH]. The number of amides is 2. The highest BCUT2D eigenvalue weighted by molar-refractivity contribution is 6.06. The number of nitrogens with one attached hydrogen (secondary N) is 3. The van der Waals surface area contributed by atoms with Gasteiger partial charge in [-0.1, -0.05) is 25.5 Å². The standard InChI is InChI=1S/C27H28FN7O2.3H2/c1-27(2)7-6-16(11-27)4-5-23(36)32-20-10-22(24(28)29-14-20)34-26(37)18-8-17-9-21(33-25(17)30-12-18)19-13-31-35(3)15-19;;;/h6,8-10,12-15H,4-5,7,11H2,1-3H3,(H,30,33)(H,32,36)(H,34,37);3*1H. The fourth-order valence-electron chi connectivity index (χ4n) is 4.52. The summed E-state index contributed by atoms with van der Waals surface area (Å²) < 4.78 is 16.1. The van der Waals surface area contributed by atoms with Crippen LogP contribution in [0.15, 0.2) is 54.6 Å². The number of fused-ring (bicyclic) bond motifs is 1. The van der Waals surface area contributed by atoms with Crippen molar-refractivity contribution < 1.29 is 18.3 Å². The van der Waals surface area contributed by atoms with Crippen LogP contribution in [-0.4, -0.2) is 36.5 Å². The van der Waals surface area contributed by atoms with Crippen LogP contribution in [0.2, 0.25) is 0 Å². The molecular weight excluding hydrogens is 473 g/mol. The summed E-state index contributed by atoms with van der Waals surface area (Å²) in [5, 5.41) is 10.2. The number of rotatable bonds is 7. The van der Waals surface area contributed by atoms with Crippen molar-refractivity contribution in [3.63, 3.8) is 0 Å². The summed E-state index contributed by atoms with van der Waals surface area (Å²) in [5.74, 6) is -1.58. The van der Waals surface area contributed by atoms with Crippen molar-refractivity contribution in [3.8, 4) is 11.3 Å². The van der Waals surface area contributed by atoms with E-state index in [1.807, 2.05) is 19.3 Å². The van der Waals surface area contributed by atoms with Crippen molar-refractivity contribution in [2.45, 2.75) is 39.5 Å². The van der Waals surface area contributed by atoms with E-state index < -0.39 is 11.9 Å². The highest BCUT2D eigenvalue weighted by Gasteiger charge is 2.24. The Bertz CT molecular complexity index is 1550. The van der Waals surface area contributed by atoms with Crippen molar-refractivity contribution in [2.24, 2.45) is 12.5 Å². The van der Waals surface area contributed by atoms with Crippen LogP contribution in [0.4, 0.5) is 15.8 Å². The van der Waals surface area contributed by atoms with Gasteiger partial charge in [0.1, 0.15) is 5.65 Å². The molecular formula is C27H34FN7O2. The third-order valence-corrected chi connectivity index (χ3v) is 6.44. The van der Waals surface area contributed by atoms with Crippen molar-refractivity contribution in [1.82, 2.24) is 24.7 Å². The molecule has 0 fully saturated rings. The Kier molecular flexibility index (Phi) is 6.32. The van der Waals surface area contributed by atoms with Gasteiger partial charge < -0.3 is 15.6 Å². The summed E-state index contributed by atoms with van der Waals surface area (Å²) in [4.78, 5) is 36.5. The maximum atomic E-state index is 14.4. The Morgan fingerprint density at radius 1 is 1.16 bits per heavy atom. The van der Waals surface area contributed by atoms with E-state index in [1.165, 1.54) is 24.0 Å². The van der Waals surface area contributed by atoms with Crippen LogP contribution in [0.5, 0.6) is 0 Å². The first-order valence-electron chi connectivity index (χ1n) is 12.1. The summed E-state index contributed by atoms with van der Waals surface area (Å²) in [6.07, 6.45) is 11.5. The number of hydrogen-bond acceptors (Lipinski definition) is 5. The first-order valence-corrected chi connectivity index (χ1v) is 12.1. The van der Waals surface area contributed by atoms with Gasteiger partial charge in [0.15, 0.2) is 0 Å².